The van der Waals surface area contributed by atoms with E-state index in [1.54, 1.807) is 0 Å². The highest BCUT2D eigenvalue weighted by molar-refractivity contribution is 7.26. The zero-order valence-electron chi connectivity index (χ0n) is 33.1. The second-order valence-corrected chi connectivity index (χ2v) is 16.2. The summed E-state index contributed by atoms with van der Waals surface area (Å²) < 4.78 is 2.52. The van der Waals surface area contributed by atoms with Gasteiger partial charge < -0.3 is 0 Å². The average molecular weight is 796 g/mol. The van der Waals surface area contributed by atoms with Gasteiger partial charge >= 0.3 is 0 Å². The molecule has 61 heavy (non-hydrogen) atoms. The van der Waals surface area contributed by atoms with Gasteiger partial charge in [-0.25, -0.2) is 15.0 Å². The average Bonchev–Trinajstić information content (AvgIpc) is 3.74. The molecule has 0 radical (unpaired) electrons. The summed E-state index contributed by atoms with van der Waals surface area (Å²) in [6.45, 7) is 0. The standard InChI is InChI=1S/C57H37N3S/c1-6-17-38(18-7-1)41-29-31-44(32-30-41)56-58-55(43-25-14-5-15-26-43)59-57(60-56)48-34-45(39-19-8-2-9-20-39)33-47(35-48)49-27-16-28-50-52-37-46(40-21-10-3-11-22-40)36-51(54(52)61-53(49)50)42-23-12-4-13-24-42/h1-37H. The van der Waals surface area contributed by atoms with E-state index in [0.717, 1.165) is 38.9 Å². The van der Waals surface area contributed by atoms with Crippen LogP contribution in [0, 0.1) is 0 Å². The van der Waals surface area contributed by atoms with Gasteiger partial charge in [-0.2, -0.15) is 0 Å². The Morgan fingerprint density at radius 1 is 0.230 bits per heavy atom. The topological polar surface area (TPSA) is 38.7 Å². The molecule has 0 saturated heterocycles. The molecule has 0 saturated carbocycles. The lowest BCUT2D eigenvalue weighted by Gasteiger charge is -2.13. The molecular weight excluding hydrogens is 759 g/mol. The Kier molecular flexibility index (Phi) is 9.38. The van der Waals surface area contributed by atoms with Crippen molar-refractivity contribution < 1.29 is 0 Å². The van der Waals surface area contributed by atoms with Crippen molar-refractivity contribution in [1.82, 2.24) is 15.0 Å². The lowest BCUT2D eigenvalue weighted by Crippen LogP contribution is -2.00. The molecule has 4 heteroatoms. The van der Waals surface area contributed by atoms with E-state index < -0.39 is 0 Å². The largest absolute Gasteiger partial charge is 0.208 e. The minimum atomic E-state index is 0.623. The van der Waals surface area contributed by atoms with Gasteiger partial charge in [0, 0.05) is 42.4 Å². The molecule has 0 spiro atoms. The lowest BCUT2D eigenvalue weighted by molar-refractivity contribution is 1.07. The SMILES string of the molecule is c1ccc(-c2ccc(-c3nc(-c4ccccc4)nc(-c4cc(-c5ccccc5)cc(-c5cccc6c5sc5c(-c7ccccc7)cc(-c7ccccc7)cc56)c4)n3)cc2)cc1. The summed E-state index contributed by atoms with van der Waals surface area (Å²) in [5.74, 6) is 1.88. The van der Waals surface area contributed by atoms with E-state index in [-0.39, 0.29) is 0 Å². The molecule has 0 N–H and O–H groups in total. The molecule has 0 aliphatic carbocycles. The van der Waals surface area contributed by atoms with Crippen LogP contribution in [0.2, 0.25) is 0 Å². The third-order valence-corrected chi connectivity index (χ3v) is 12.6. The summed E-state index contributed by atoms with van der Waals surface area (Å²) in [7, 11) is 0. The van der Waals surface area contributed by atoms with Crippen LogP contribution in [-0.4, -0.2) is 15.0 Å². The molecule has 2 heterocycles. The van der Waals surface area contributed by atoms with Gasteiger partial charge in [0.15, 0.2) is 17.5 Å². The molecule has 11 aromatic rings. The number of nitrogens with zero attached hydrogens (tertiary/aromatic N) is 3. The normalized spacial score (nSPS) is 11.3. The van der Waals surface area contributed by atoms with Crippen molar-refractivity contribution in [3.63, 3.8) is 0 Å². The molecule has 0 unspecified atom stereocenters. The fraction of sp³-hybridized carbons (Fsp3) is 0. The van der Waals surface area contributed by atoms with E-state index in [0.29, 0.717) is 17.5 Å². The van der Waals surface area contributed by atoms with Gasteiger partial charge in [-0.15, -0.1) is 11.3 Å². The van der Waals surface area contributed by atoms with E-state index >= 15 is 0 Å². The van der Waals surface area contributed by atoms with Crippen molar-refractivity contribution in [3.8, 4) is 89.8 Å². The predicted molar refractivity (Wildman–Crippen MR) is 256 cm³/mol. The smallest absolute Gasteiger partial charge is 0.164 e. The van der Waals surface area contributed by atoms with Gasteiger partial charge in [0.2, 0.25) is 0 Å². The molecule has 0 amide bonds. The third kappa shape index (κ3) is 7.09. The van der Waals surface area contributed by atoms with Crippen LogP contribution in [0.3, 0.4) is 0 Å². The molecule has 3 nitrogen and oxygen atoms in total. The Bertz CT molecular complexity index is 3310. The van der Waals surface area contributed by atoms with Crippen LogP contribution in [0.4, 0.5) is 0 Å². The maximum Gasteiger partial charge on any atom is 0.164 e. The number of aromatic nitrogens is 3. The maximum atomic E-state index is 5.23. The minimum Gasteiger partial charge on any atom is -0.208 e. The minimum absolute atomic E-state index is 0.623. The summed E-state index contributed by atoms with van der Waals surface area (Å²) in [5.41, 5.74) is 14.5. The van der Waals surface area contributed by atoms with Gasteiger partial charge in [0.1, 0.15) is 0 Å². The first-order valence-corrected chi connectivity index (χ1v) is 21.3. The van der Waals surface area contributed by atoms with Gasteiger partial charge in [-0.3, -0.25) is 0 Å². The summed E-state index contributed by atoms with van der Waals surface area (Å²) in [5, 5.41) is 2.50. The van der Waals surface area contributed by atoms with Crippen molar-refractivity contribution in [2.45, 2.75) is 0 Å². The highest BCUT2D eigenvalue weighted by Crippen LogP contribution is 2.46. The highest BCUT2D eigenvalue weighted by Gasteiger charge is 2.19. The van der Waals surface area contributed by atoms with Crippen molar-refractivity contribution in [2.75, 3.05) is 0 Å². The quantitative estimate of drug-likeness (QED) is 0.154. The molecule has 11 rings (SSSR count). The third-order valence-electron chi connectivity index (χ3n) is 11.3. The van der Waals surface area contributed by atoms with Crippen molar-refractivity contribution in [2.24, 2.45) is 0 Å². The first-order valence-electron chi connectivity index (χ1n) is 20.5. The molecular formula is C57H37N3S. The van der Waals surface area contributed by atoms with Crippen LogP contribution < -0.4 is 0 Å². The Morgan fingerprint density at radius 3 is 1.20 bits per heavy atom. The molecule has 286 valence electrons. The van der Waals surface area contributed by atoms with Gasteiger partial charge in [-0.1, -0.05) is 194 Å². The fourth-order valence-electron chi connectivity index (χ4n) is 8.26. The molecule has 0 aliphatic rings. The first kappa shape index (κ1) is 36.3. The number of benzene rings is 9. The van der Waals surface area contributed by atoms with Crippen LogP contribution in [0.5, 0.6) is 0 Å². The summed E-state index contributed by atoms with van der Waals surface area (Å²) in [6.07, 6.45) is 0. The van der Waals surface area contributed by atoms with E-state index in [4.69, 9.17) is 15.0 Å². The van der Waals surface area contributed by atoms with E-state index in [1.807, 2.05) is 35.6 Å². The summed E-state index contributed by atoms with van der Waals surface area (Å²) in [6, 6.07) is 79.4. The van der Waals surface area contributed by atoms with Crippen LogP contribution >= 0.6 is 11.3 Å². The molecule has 0 fully saturated rings. The highest BCUT2D eigenvalue weighted by atomic mass is 32.1. The molecule has 0 bridgehead atoms. The van der Waals surface area contributed by atoms with Gasteiger partial charge in [0.05, 0.1) is 0 Å². The van der Waals surface area contributed by atoms with Crippen LogP contribution in [0.15, 0.2) is 224 Å². The second kappa shape index (κ2) is 15.8. The van der Waals surface area contributed by atoms with Crippen LogP contribution in [0.1, 0.15) is 0 Å². The zero-order chi connectivity index (χ0) is 40.5. The summed E-state index contributed by atoms with van der Waals surface area (Å²) >= 11 is 1.87. The van der Waals surface area contributed by atoms with Gasteiger partial charge in [0.25, 0.3) is 0 Å². The Labute approximate surface area is 359 Å². The molecule has 9 aromatic carbocycles. The van der Waals surface area contributed by atoms with Crippen molar-refractivity contribution in [1.29, 1.82) is 0 Å². The number of fused-ring (bicyclic) bond motifs is 3. The van der Waals surface area contributed by atoms with E-state index in [9.17, 15) is 0 Å². The van der Waals surface area contributed by atoms with Crippen LogP contribution in [0.25, 0.3) is 110 Å². The summed E-state index contributed by atoms with van der Waals surface area (Å²) in [4.78, 5) is 15.5. The van der Waals surface area contributed by atoms with E-state index in [2.05, 4.69) is 200 Å². The van der Waals surface area contributed by atoms with Crippen molar-refractivity contribution in [3.05, 3.63) is 224 Å². The number of hydrogen-bond acceptors (Lipinski definition) is 4. The lowest BCUT2D eigenvalue weighted by atomic mass is 9.93. The van der Waals surface area contributed by atoms with E-state index in [1.165, 1.54) is 53.6 Å². The van der Waals surface area contributed by atoms with Crippen LogP contribution in [-0.2, 0) is 0 Å². The van der Waals surface area contributed by atoms with Gasteiger partial charge in [-0.05, 0) is 80.4 Å². The molecule has 0 aliphatic heterocycles. The Balaban J connectivity index is 1.12. The number of thiophene rings is 1. The predicted octanol–water partition coefficient (Wildman–Crippen LogP) is 15.6. The number of rotatable bonds is 8. The molecule has 0 atom stereocenters. The first-order chi connectivity index (χ1) is 30.2. The monoisotopic (exact) mass is 795 g/mol. The second-order valence-electron chi connectivity index (χ2n) is 15.2. The van der Waals surface area contributed by atoms with Crippen molar-refractivity contribution >= 4 is 31.5 Å². The zero-order valence-corrected chi connectivity index (χ0v) is 33.9. The Morgan fingerprint density at radius 2 is 0.623 bits per heavy atom. The number of hydrogen-bond donors (Lipinski definition) is 0. The fourth-order valence-corrected chi connectivity index (χ4v) is 9.61. The maximum absolute atomic E-state index is 5.23. The Hall–Kier alpha value is -7.79. The molecule has 2 aromatic heterocycles.